The van der Waals surface area contributed by atoms with Crippen molar-refractivity contribution in [3.63, 3.8) is 0 Å². The maximum Gasteiger partial charge on any atom is 0.317 e. The van der Waals surface area contributed by atoms with Crippen molar-refractivity contribution in [2.24, 2.45) is 5.92 Å². The van der Waals surface area contributed by atoms with Crippen LogP contribution in [0, 0.1) is 5.92 Å². The van der Waals surface area contributed by atoms with Gasteiger partial charge in [0.25, 0.3) is 0 Å². The summed E-state index contributed by atoms with van der Waals surface area (Å²) in [6.45, 7) is 5.47. The van der Waals surface area contributed by atoms with Gasteiger partial charge in [-0.1, -0.05) is 30.3 Å². The van der Waals surface area contributed by atoms with Crippen LogP contribution in [0.1, 0.15) is 12.0 Å². The number of likely N-dealkylation sites (tertiary alicyclic amines) is 1. The minimum Gasteiger partial charge on any atom is -0.353 e. The molecule has 0 spiro atoms. The van der Waals surface area contributed by atoms with Crippen LogP contribution in [-0.4, -0.2) is 53.6 Å². The first-order valence-electron chi connectivity index (χ1n) is 9.07. The Morgan fingerprint density at radius 3 is 2.72 bits per heavy atom. The molecule has 1 aromatic carbocycles. The molecule has 1 aliphatic rings. The SMILES string of the molecule is CN(CC1CCN(Cc2ccccc2)C1)C(=O)NCCn1cccc1. The van der Waals surface area contributed by atoms with Crippen LogP contribution in [0.5, 0.6) is 0 Å². The number of nitrogens with one attached hydrogen (secondary N) is 1. The molecule has 0 bridgehead atoms. The monoisotopic (exact) mass is 340 g/mol. The number of nitrogens with zero attached hydrogens (tertiary/aromatic N) is 3. The van der Waals surface area contributed by atoms with Crippen molar-refractivity contribution >= 4 is 6.03 Å². The summed E-state index contributed by atoms with van der Waals surface area (Å²) in [5.74, 6) is 0.559. The van der Waals surface area contributed by atoms with Gasteiger partial charge in [0.05, 0.1) is 0 Å². The number of hydrogen-bond donors (Lipinski definition) is 1. The number of rotatable bonds is 7. The Bertz CT molecular complexity index is 641. The largest absolute Gasteiger partial charge is 0.353 e. The topological polar surface area (TPSA) is 40.5 Å². The van der Waals surface area contributed by atoms with Gasteiger partial charge in [-0.25, -0.2) is 4.79 Å². The minimum absolute atomic E-state index is 0.0219. The molecular formula is C20H28N4O. The van der Waals surface area contributed by atoms with Crippen LogP contribution < -0.4 is 5.32 Å². The second kappa shape index (κ2) is 8.72. The molecule has 0 aliphatic carbocycles. The van der Waals surface area contributed by atoms with Crippen molar-refractivity contribution in [1.82, 2.24) is 19.7 Å². The highest BCUT2D eigenvalue weighted by molar-refractivity contribution is 5.73. The molecule has 3 rings (SSSR count). The molecule has 2 aromatic rings. The van der Waals surface area contributed by atoms with Crippen molar-refractivity contribution in [1.29, 1.82) is 0 Å². The quantitative estimate of drug-likeness (QED) is 0.842. The van der Waals surface area contributed by atoms with E-state index in [4.69, 9.17) is 0 Å². The fraction of sp³-hybridized carbons (Fsp3) is 0.450. The third-order valence-corrected chi connectivity index (χ3v) is 4.81. The molecule has 1 fully saturated rings. The van der Waals surface area contributed by atoms with Crippen molar-refractivity contribution in [2.75, 3.05) is 33.2 Å². The molecule has 2 amide bonds. The Labute approximate surface area is 150 Å². The molecule has 1 atom stereocenters. The van der Waals surface area contributed by atoms with Gasteiger partial charge >= 0.3 is 6.03 Å². The van der Waals surface area contributed by atoms with Gasteiger partial charge in [0.1, 0.15) is 0 Å². The fourth-order valence-corrected chi connectivity index (χ4v) is 3.46. The highest BCUT2D eigenvalue weighted by atomic mass is 16.2. The predicted octanol–water partition coefficient (Wildman–Crippen LogP) is 2.65. The Balaban J connectivity index is 1.36. The summed E-state index contributed by atoms with van der Waals surface area (Å²) in [5, 5.41) is 3.00. The smallest absolute Gasteiger partial charge is 0.317 e. The zero-order chi connectivity index (χ0) is 17.5. The predicted molar refractivity (Wildman–Crippen MR) is 100 cm³/mol. The molecule has 25 heavy (non-hydrogen) atoms. The fourth-order valence-electron chi connectivity index (χ4n) is 3.46. The van der Waals surface area contributed by atoms with Crippen LogP contribution >= 0.6 is 0 Å². The van der Waals surface area contributed by atoms with Crippen LogP contribution in [0.15, 0.2) is 54.9 Å². The molecule has 5 heteroatoms. The number of carbonyl (C=O) groups excluding carboxylic acids is 1. The number of urea groups is 1. The Morgan fingerprint density at radius 1 is 1.20 bits per heavy atom. The van der Waals surface area contributed by atoms with Gasteiger partial charge in [0.2, 0.25) is 0 Å². The minimum atomic E-state index is 0.0219. The van der Waals surface area contributed by atoms with Crippen LogP contribution in [0.3, 0.4) is 0 Å². The average molecular weight is 340 g/mol. The third-order valence-electron chi connectivity index (χ3n) is 4.81. The molecule has 1 saturated heterocycles. The van der Waals surface area contributed by atoms with E-state index in [-0.39, 0.29) is 6.03 Å². The summed E-state index contributed by atoms with van der Waals surface area (Å²) in [7, 11) is 1.89. The van der Waals surface area contributed by atoms with E-state index >= 15 is 0 Å². The zero-order valence-electron chi connectivity index (χ0n) is 15.0. The maximum atomic E-state index is 12.2. The van der Waals surface area contributed by atoms with Gasteiger partial charge in [0, 0.05) is 52.2 Å². The second-order valence-corrected chi connectivity index (χ2v) is 6.91. The van der Waals surface area contributed by atoms with Crippen molar-refractivity contribution in [2.45, 2.75) is 19.5 Å². The molecule has 1 N–H and O–H groups in total. The van der Waals surface area contributed by atoms with E-state index in [0.29, 0.717) is 12.5 Å². The zero-order valence-corrected chi connectivity index (χ0v) is 15.0. The van der Waals surface area contributed by atoms with Gasteiger partial charge in [0.15, 0.2) is 0 Å². The molecular weight excluding hydrogens is 312 g/mol. The van der Waals surface area contributed by atoms with Gasteiger partial charge in [-0.05, 0) is 36.6 Å². The molecule has 1 aliphatic heterocycles. The van der Waals surface area contributed by atoms with E-state index in [2.05, 4.69) is 45.1 Å². The lowest BCUT2D eigenvalue weighted by molar-refractivity contribution is 0.199. The summed E-state index contributed by atoms with van der Waals surface area (Å²) in [6.07, 6.45) is 5.18. The van der Waals surface area contributed by atoms with E-state index < -0.39 is 0 Å². The third kappa shape index (κ3) is 5.36. The van der Waals surface area contributed by atoms with Crippen molar-refractivity contribution in [3.8, 4) is 0 Å². The molecule has 5 nitrogen and oxygen atoms in total. The van der Waals surface area contributed by atoms with E-state index in [1.165, 1.54) is 5.56 Å². The number of carbonyl (C=O) groups is 1. The summed E-state index contributed by atoms with van der Waals surface area (Å²) >= 11 is 0. The Morgan fingerprint density at radius 2 is 1.96 bits per heavy atom. The molecule has 2 heterocycles. The van der Waals surface area contributed by atoms with Gasteiger partial charge < -0.3 is 14.8 Å². The molecule has 0 saturated carbocycles. The van der Waals surface area contributed by atoms with Crippen LogP contribution in [0.4, 0.5) is 4.79 Å². The van der Waals surface area contributed by atoms with Crippen LogP contribution in [0.25, 0.3) is 0 Å². The lowest BCUT2D eigenvalue weighted by atomic mass is 10.1. The lowest BCUT2D eigenvalue weighted by Crippen LogP contribution is -2.41. The van der Waals surface area contributed by atoms with Gasteiger partial charge in [-0.3, -0.25) is 4.90 Å². The average Bonchev–Trinajstić information content (AvgIpc) is 3.28. The number of benzene rings is 1. The maximum absolute atomic E-state index is 12.2. The van der Waals surface area contributed by atoms with Gasteiger partial charge in [-0.15, -0.1) is 0 Å². The first-order valence-corrected chi connectivity index (χ1v) is 9.07. The number of aromatic nitrogens is 1. The second-order valence-electron chi connectivity index (χ2n) is 6.91. The summed E-state index contributed by atoms with van der Waals surface area (Å²) < 4.78 is 2.07. The van der Waals surface area contributed by atoms with E-state index in [1.807, 2.05) is 36.5 Å². The highest BCUT2D eigenvalue weighted by Crippen LogP contribution is 2.19. The number of amides is 2. The summed E-state index contributed by atoms with van der Waals surface area (Å²) in [4.78, 5) is 16.5. The van der Waals surface area contributed by atoms with E-state index in [1.54, 1.807) is 0 Å². The van der Waals surface area contributed by atoms with Crippen LogP contribution in [0.2, 0.25) is 0 Å². The first kappa shape index (κ1) is 17.5. The molecule has 1 unspecified atom stereocenters. The molecule has 134 valence electrons. The van der Waals surface area contributed by atoms with Gasteiger partial charge in [-0.2, -0.15) is 0 Å². The molecule has 1 aromatic heterocycles. The van der Waals surface area contributed by atoms with Crippen molar-refractivity contribution < 1.29 is 4.79 Å². The molecule has 0 radical (unpaired) electrons. The first-order chi connectivity index (χ1) is 12.2. The van der Waals surface area contributed by atoms with Crippen LogP contribution in [-0.2, 0) is 13.1 Å². The van der Waals surface area contributed by atoms with Crippen molar-refractivity contribution in [3.05, 3.63) is 60.4 Å². The lowest BCUT2D eigenvalue weighted by Gasteiger charge is -2.22. The highest BCUT2D eigenvalue weighted by Gasteiger charge is 2.24. The Hall–Kier alpha value is -2.27. The van der Waals surface area contributed by atoms with E-state index in [9.17, 15) is 4.79 Å². The normalized spacial score (nSPS) is 17.6. The van der Waals surface area contributed by atoms with E-state index in [0.717, 1.165) is 39.1 Å². The summed E-state index contributed by atoms with van der Waals surface area (Å²) in [5.41, 5.74) is 1.36. The number of hydrogen-bond acceptors (Lipinski definition) is 2. The standard InChI is InChI=1S/C20H28N4O/c1-22(20(25)21-10-14-23-11-5-6-12-23)15-19-9-13-24(17-19)16-18-7-3-2-4-8-18/h2-8,11-12,19H,9-10,13-17H2,1H3,(H,21,25). The summed E-state index contributed by atoms with van der Waals surface area (Å²) in [6, 6.07) is 14.6. The Kier molecular flexibility index (Phi) is 6.12.